The van der Waals surface area contributed by atoms with Gasteiger partial charge in [0.05, 0.1) is 18.8 Å². The van der Waals surface area contributed by atoms with Crippen LogP contribution in [-0.4, -0.2) is 29.0 Å². The van der Waals surface area contributed by atoms with E-state index in [9.17, 15) is 9.59 Å². The van der Waals surface area contributed by atoms with Crippen molar-refractivity contribution in [2.75, 3.05) is 7.11 Å². The lowest BCUT2D eigenvalue weighted by atomic mass is 10.2. The number of methoxy groups -OCH3 is 1. The van der Waals surface area contributed by atoms with Gasteiger partial charge in [-0.15, -0.1) is 11.3 Å². The van der Waals surface area contributed by atoms with Crippen LogP contribution in [0.3, 0.4) is 0 Å². The molecule has 0 saturated carbocycles. The van der Waals surface area contributed by atoms with Gasteiger partial charge in [-0.2, -0.15) is 0 Å². The van der Waals surface area contributed by atoms with Gasteiger partial charge in [-0.25, -0.2) is 9.78 Å². The molecular weight excluding hydrogens is 338 g/mol. The minimum atomic E-state index is -0.514. The van der Waals surface area contributed by atoms with Crippen LogP contribution in [0.2, 0.25) is 0 Å². The smallest absolute Gasteiger partial charge is 0.354 e. The normalized spacial score (nSPS) is 11.8. The first-order chi connectivity index (χ1) is 12.1. The number of thiazole rings is 1. The van der Waals surface area contributed by atoms with E-state index in [2.05, 4.69) is 20.0 Å². The molecule has 3 rings (SSSR count). The van der Waals surface area contributed by atoms with Crippen molar-refractivity contribution in [1.29, 1.82) is 0 Å². The second-order valence-electron chi connectivity index (χ2n) is 5.41. The molecule has 2 N–H and O–H groups in total. The van der Waals surface area contributed by atoms with E-state index in [-0.39, 0.29) is 17.6 Å². The zero-order valence-electron chi connectivity index (χ0n) is 13.8. The molecule has 2 aromatic heterocycles. The number of H-pyrrole nitrogens is 1. The maximum absolute atomic E-state index is 12.3. The molecule has 2 heterocycles. The van der Waals surface area contributed by atoms with E-state index in [0.717, 1.165) is 16.3 Å². The molecule has 6 nitrogen and oxygen atoms in total. The Morgan fingerprint density at radius 3 is 2.60 bits per heavy atom. The number of nitrogens with zero attached hydrogens (tertiary/aromatic N) is 1. The molecule has 0 fully saturated rings. The topological polar surface area (TPSA) is 84.1 Å². The summed E-state index contributed by atoms with van der Waals surface area (Å²) in [6, 6.07) is 12.7. The lowest BCUT2D eigenvalue weighted by Crippen LogP contribution is -2.27. The van der Waals surface area contributed by atoms with Crippen molar-refractivity contribution in [2.24, 2.45) is 0 Å². The Bertz CT molecular complexity index is 886. The zero-order valence-corrected chi connectivity index (χ0v) is 14.6. The maximum atomic E-state index is 12.3. The SMILES string of the molecule is COC(=O)c1ccc(C(=O)NC(C)c2nc(-c3ccccc3)cs2)[nH]1. The predicted molar refractivity (Wildman–Crippen MR) is 95.6 cm³/mol. The van der Waals surface area contributed by atoms with Gasteiger partial charge in [0, 0.05) is 10.9 Å². The highest BCUT2D eigenvalue weighted by atomic mass is 32.1. The monoisotopic (exact) mass is 355 g/mol. The van der Waals surface area contributed by atoms with Gasteiger partial charge in [0.1, 0.15) is 16.4 Å². The van der Waals surface area contributed by atoms with Crippen LogP contribution in [0.15, 0.2) is 47.8 Å². The molecule has 0 aliphatic carbocycles. The molecule has 0 saturated heterocycles. The summed E-state index contributed by atoms with van der Waals surface area (Å²) in [5, 5.41) is 5.65. The van der Waals surface area contributed by atoms with Crippen molar-refractivity contribution >= 4 is 23.2 Å². The molecule has 128 valence electrons. The first kappa shape index (κ1) is 16.9. The molecule has 0 spiro atoms. The summed E-state index contributed by atoms with van der Waals surface area (Å²) in [4.78, 5) is 31.1. The fourth-order valence-corrected chi connectivity index (χ4v) is 3.16. The number of carbonyl (C=O) groups is 2. The van der Waals surface area contributed by atoms with Gasteiger partial charge in [0.2, 0.25) is 0 Å². The molecule has 0 aliphatic heterocycles. The molecule has 0 bridgehead atoms. The summed E-state index contributed by atoms with van der Waals surface area (Å²) >= 11 is 1.49. The van der Waals surface area contributed by atoms with Crippen LogP contribution in [0.5, 0.6) is 0 Å². The number of amides is 1. The van der Waals surface area contributed by atoms with Gasteiger partial charge in [0.15, 0.2) is 0 Å². The Morgan fingerprint density at radius 2 is 1.88 bits per heavy atom. The van der Waals surface area contributed by atoms with Gasteiger partial charge in [-0.05, 0) is 19.1 Å². The number of aromatic nitrogens is 2. The van der Waals surface area contributed by atoms with Gasteiger partial charge in [-0.1, -0.05) is 30.3 Å². The Kier molecular flexibility index (Phi) is 4.95. The summed E-state index contributed by atoms with van der Waals surface area (Å²) in [5.74, 6) is -0.821. The molecule has 1 atom stereocenters. The summed E-state index contributed by atoms with van der Waals surface area (Å²) < 4.78 is 4.61. The highest BCUT2D eigenvalue weighted by molar-refractivity contribution is 7.10. The third-order valence-electron chi connectivity index (χ3n) is 3.65. The number of aromatic amines is 1. The predicted octanol–water partition coefficient (Wildman–Crippen LogP) is 3.42. The summed E-state index contributed by atoms with van der Waals surface area (Å²) in [7, 11) is 1.29. The molecule has 1 amide bonds. The molecule has 0 radical (unpaired) electrons. The molecule has 25 heavy (non-hydrogen) atoms. The van der Waals surface area contributed by atoms with Crippen LogP contribution in [0, 0.1) is 0 Å². The molecule has 1 unspecified atom stereocenters. The number of esters is 1. The molecular formula is C18H17N3O3S. The van der Waals surface area contributed by atoms with E-state index >= 15 is 0 Å². The largest absolute Gasteiger partial charge is 0.464 e. The average molecular weight is 355 g/mol. The maximum Gasteiger partial charge on any atom is 0.354 e. The van der Waals surface area contributed by atoms with E-state index in [1.807, 2.05) is 42.6 Å². The van der Waals surface area contributed by atoms with Crippen LogP contribution >= 0.6 is 11.3 Å². The fourth-order valence-electron chi connectivity index (χ4n) is 2.32. The zero-order chi connectivity index (χ0) is 17.8. The van der Waals surface area contributed by atoms with Crippen molar-refractivity contribution in [1.82, 2.24) is 15.3 Å². The van der Waals surface area contributed by atoms with Gasteiger partial charge in [-0.3, -0.25) is 4.79 Å². The molecule has 3 aromatic rings. The van der Waals surface area contributed by atoms with Gasteiger partial charge in [0.25, 0.3) is 5.91 Å². The van der Waals surface area contributed by atoms with Crippen LogP contribution in [0.25, 0.3) is 11.3 Å². The molecule has 7 heteroatoms. The highest BCUT2D eigenvalue weighted by Gasteiger charge is 2.17. The first-order valence-electron chi connectivity index (χ1n) is 7.67. The van der Waals surface area contributed by atoms with Crippen molar-refractivity contribution in [3.05, 3.63) is 64.2 Å². The van der Waals surface area contributed by atoms with Crippen molar-refractivity contribution < 1.29 is 14.3 Å². The van der Waals surface area contributed by atoms with Crippen molar-refractivity contribution in [3.8, 4) is 11.3 Å². The summed E-state index contributed by atoms with van der Waals surface area (Å²) in [6.45, 7) is 1.87. The lowest BCUT2D eigenvalue weighted by Gasteiger charge is -2.10. The van der Waals surface area contributed by atoms with E-state index < -0.39 is 5.97 Å². The molecule has 0 aliphatic rings. The first-order valence-corrected chi connectivity index (χ1v) is 8.55. The second-order valence-corrected chi connectivity index (χ2v) is 6.30. The standard InChI is InChI=1S/C18H17N3O3S/c1-11(17-21-15(10-25-17)12-6-4-3-5-7-12)19-16(22)13-8-9-14(20-13)18(23)24-2/h3-11,20H,1-2H3,(H,19,22). The fraction of sp³-hybridized carbons (Fsp3) is 0.167. The van der Waals surface area contributed by atoms with Gasteiger partial charge >= 0.3 is 5.97 Å². The Labute approximate surface area is 148 Å². The Balaban J connectivity index is 1.69. The highest BCUT2D eigenvalue weighted by Crippen LogP contribution is 2.25. The summed E-state index contributed by atoms with van der Waals surface area (Å²) in [5.41, 5.74) is 2.46. The second kappa shape index (κ2) is 7.31. The Morgan fingerprint density at radius 1 is 1.16 bits per heavy atom. The van der Waals surface area contributed by atoms with Gasteiger partial charge < -0.3 is 15.0 Å². The lowest BCUT2D eigenvalue weighted by molar-refractivity contribution is 0.0595. The molecule has 1 aromatic carbocycles. The van der Waals surface area contributed by atoms with E-state index in [4.69, 9.17) is 0 Å². The number of hydrogen-bond donors (Lipinski definition) is 2. The third-order valence-corrected chi connectivity index (χ3v) is 4.67. The number of benzene rings is 1. The van der Waals surface area contributed by atoms with Crippen LogP contribution < -0.4 is 5.32 Å². The summed E-state index contributed by atoms with van der Waals surface area (Å²) in [6.07, 6.45) is 0. The minimum absolute atomic E-state index is 0.237. The van der Waals surface area contributed by atoms with E-state index in [1.54, 1.807) is 6.07 Å². The number of rotatable bonds is 5. The number of carbonyl (C=O) groups excluding carboxylic acids is 2. The minimum Gasteiger partial charge on any atom is -0.464 e. The van der Waals surface area contributed by atoms with Crippen LogP contribution in [-0.2, 0) is 4.74 Å². The van der Waals surface area contributed by atoms with E-state index in [0.29, 0.717) is 5.69 Å². The van der Waals surface area contributed by atoms with Crippen molar-refractivity contribution in [3.63, 3.8) is 0 Å². The van der Waals surface area contributed by atoms with E-state index in [1.165, 1.54) is 24.5 Å². The number of ether oxygens (including phenoxy) is 1. The van der Waals surface area contributed by atoms with Crippen LogP contribution in [0.1, 0.15) is 39.0 Å². The number of nitrogens with one attached hydrogen (secondary N) is 2. The third kappa shape index (κ3) is 3.77. The van der Waals surface area contributed by atoms with Crippen molar-refractivity contribution in [2.45, 2.75) is 13.0 Å². The average Bonchev–Trinajstić information content (AvgIpc) is 3.31. The quantitative estimate of drug-likeness (QED) is 0.687. The van der Waals surface area contributed by atoms with Crippen LogP contribution in [0.4, 0.5) is 0 Å². The Hall–Kier alpha value is -2.93. The number of hydrogen-bond acceptors (Lipinski definition) is 5.